The number of rotatable bonds is 3. The average molecular weight is 222 g/mol. The molecule has 8 heteroatoms. The molecular weight excluding hydrogens is 210 g/mol. The van der Waals surface area contributed by atoms with E-state index < -0.39 is 26.0 Å². The number of aliphatic hydroxyl groups is 1. The molecule has 1 saturated heterocycles. The van der Waals surface area contributed by atoms with Gasteiger partial charge in [0.2, 0.25) is 0 Å². The van der Waals surface area contributed by atoms with Crippen LogP contribution in [0, 0.1) is 5.92 Å². The highest BCUT2D eigenvalue weighted by atomic mass is 31.2. The second kappa shape index (κ2) is 4.30. The summed E-state index contributed by atoms with van der Waals surface area (Å²) in [6, 6.07) is -0.629. The quantitative estimate of drug-likeness (QED) is 0.418. The zero-order valence-electron chi connectivity index (χ0n) is 7.61. The first-order valence-electron chi connectivity index (χ1n) is 4.10. The van der Waals surface area contributed by atoms with Crippen molar-refractivity contribution >= 4 is 15.7 Å². The van der Waals surface area contributed by atoms with Gasteiger partial charge >= 0.3 is 7.82 Å². The van der Waals surface area contributed by atoms with Gasteiger partial charge in [0, 0.05) is 11.9 Å². The van der Waals surface area contributed by atoms with E-state index in [1.165, 1.54) is 0 Å². The van der Waals surface area contributed by atoms with Crippen molar-refractivity contribution in [3.63, 3.8) is 0 Å². The molecule has 0 aliphatic carbocycles. The summed E-state index contributed by atoms with van der Waals surface area (Å²) < 4.78 is 19.6. The summed E-state index contributed by atoms with van der Waals surface area (Å²) in [5.41, 5.74) is 0. The fourth-order valence-corrected chi connectivity index (χ4v) is 1.59. The van der Waals surface area contributed by atoms with Gasteiger partial charge in [0.05, 0.1) is 12.7 Å². The van der Waals surface area contributed by atoms with E-state index in [0.29, 0.717) is 0 Å². The normalized spacial score (nSPS) is 38.9. The molecular formula is C6H12BO6P. The molecule has 3 N–H and O–H groups in total. The van der Waals surface area contributed by atoms with E-state index in [4.69, 9.17) is 22.4 Å². The first-order chi connectivity index (χ1) is 6.31. The summed E-state index contributed by atoms with van der Waals surface area (Å²) in [7, 11) is 0.950. The SMILES string of the molecule is [B][C@@H]1O[C@H](COP(=O)(O)O)[C@@H](O)[C@H]1C. The largest absolute Gasteiger partial charge is 0.469 e. The van der Waals surface area contributed by atoms with Crippen molar-refractivity contribution in [1.82, 2.24) is 0 Å². The minimum absolute atomic E-state index is 0.277. The lowest BCUT2D eigenvalue weighted by molar-refractivity contribution is -0.00501. The molecule has 4 atom stereocenters. The Morgan fingerprint density at radius 2 is 2.14 bits per heavy atom. The number of hydrogen-bond acceptors (Lipinski definition) is 4. The molecule has 0 unspecified atom stereocenters. The van der Waals surface area contributed by atoms with Crippen LogP contribution in [-0.4, -0.2) is 47.6 Å². The van der Waals surface area contributed by atoms with Crippen LogP contribution >= 0.6 is 7.82 Å². The molecule has 1 fully saturated rings. The van der Waals surface area contributed by atoms with Crippen LogP contribution in [0.3, 0.4) is 0 Å². The molecule has 1 heterocycles. The second-order valence-electron chi connectivity index (χ2n) is 3.28. The van der Waals surface area contributed by atoms with E-state index in [-0.39, 0.29) is 12.5 Å². The number of aliphatic hydroxyl groups excluding tert-OH is 1. The minimum Gasteiger partial charge on any atom is -0.390 e. The van der Waals surface area contributed by atoms with Gasteiger partial charge in [-0.3, -0.25) is 4.52 Å². The van der Waals surface area contributed by atoms with Gasteiger partial charge in [0.1, 0.15) is 14.0 Å². The summed E-state index contributed by atoms with van der Waals surface area (Å²) >= 11 is 0. The predicted molar refractivity (Wildman–Crippen MR) is 47.6 cm³/mol. The Hall–Kier alpha value is 0.0949. The maximum atomic E-state index is 10.4. The summed E-state index contributed by atoms with van der Waals surface area (Å²) in [5, 5.41) is 9.49. The second-order valence-corrected chi connectivity index (χ2v) is 4.51. The Morgan fingerprint density at radius 3 is 2.50 bits per heavy atom. The average Bonchev–Trinajstić information content (AvgIpc) is 2.28. The van der Waals surface area contributed by atoms with Crippen molar-refractivity contribution in [1.29, 1.82) is 0 Å². The molecule has 6 nitrogen and oxygen atoms in total. The molecule has 0 aromatic rings. The lowest BCUT2D eigenvalue weighted by Crippen LogP contribution is -2.29. The first kappa shape index (κ1) is 12.2. The van der Waals surface area contributed by atoms with Gasteiger partial charge < -0.3 is 19.6 Å². The van der Waals surface area contributed by atoms with Crippen molar-refractivity contribution in [3.05, 3.63) is 0 Å². The van der Waals surface area contributed by atoms with Crippen LogP contribution in [-0.2, 0) is 13.8 Å². The smallest absolute Gasteiger partial charge is 0.390 e. The number of phosphoric acid groups is 1. The highest BCUT2D eigenvalue weighted by Gasteiger charge is 2.38. The molecule has 0 bridgehead atoms. The van der Waals surface area contributed by atoms with Crippen LogP contribution in [0.25, 0.3) is 0 Å². The topological polar surface area (TPSA) is 96.2 Å². The molecule has 0 saturated carbocycles. The maximum Gasteiger partial charge on any atom is 0.469 e. The van der Waals surface area contributed by atoms with E-state index in [0.717, 1.165) is 0 Å². The van der Waals surface area contributed by atoms with Gasteiger partial charge in [0.15, 0.2) is 0 Å². The van der Waals surface area contributed by atoms with E-state index >= 15 is 0 Å². The third-order valence-electron chi connectivity index (χ3n) is 2.18. The molecule has 1 aliphatic rings. The summed E-state index contributed by atoms with van der Waals surface area (Å²) in [6.07, 6.45) is -1.65. The predicted octanol–water partition coefficient (Wildman–Crippen LogP) is -1.01. The number of hydrogen-bond donors (Lipinski definition) is 3. The van der Waals surface area contributed by atoms with E-state index in [2.05, 4.69) is 4.52 Å². The lowest BCUT2D eigenvalue weighted by atomic mass is 9.86. The molecule has 0 spiro atoms. The first-order valence-corrected chi connectivity index (χ1v) is 5.63. The molecule has 0 amide bonds. The summed E-state index contributed by atoms with van der Waals surface area (Å²) in [5.74, 6) is -0.277. The Morgan fingerprint density at radius 1 is 1.57 bits per heavy atom. The summed E-state index contributed by atoms with van der Waals surface area (Å²) in [4.78, 5) is 16.8. The standard InChI is InChI=1S/C6H12BO6P/c1-3-5(8)4(13-6(3)7)2-12-14(9,10)11/h3-6,8H,2H2,1H3,(H2,9,10,11)/t3-,4-,5+,6-/m1/s1. The Kier molecular flexibility index (Phi) is 3.74. The van der Waals surface area contributed by atoms with Crippen molar-refractivity contribution in [2.45, 2.75) is 25.1 Å². The lowest BCUT2D eigenvalue weighted by Gasteiger charge is -2.15. The van der Waals surface area contributed by atoms with Crippen molar-refractivity contribution < 1.29 is 28.7 Å². The van der Waals surface area contributed by atoms with Gasteiger partial charge in [-0.1, -0.05) is 6.92 Å². The Balaban J connectivity index is 2.44. The maximum absolute atomic E-state index is 10.4. The molecule has 14 heavy (non-hydrogen) atoms. The van der Waals surface area contributed by atoms with Crippen LogP contribution in [0.2, 0.25) is 0 Å². The van der Waals surface area contributed by atoms with Crippen molar-refractivity contribution in [2.24, 2.45) is 5.92 Å². The van der Waals surface area contributed by atoms with Gasteiger partial charge in [-0.15, -0.1) is 0 Å². The number of phosphoric ester groups is 1. The third kappa shape index (κ3) is 3.05. The van der Waals surface area contributed by atoms with Crippen LogP contribution < -0.4 is 0 Å². The Bertz CT molecular complexity index is 242. The highest BCUT2D eigenvalue weighted by molar-refractivity contribution is 7.46. The van der Waals surface area contributed by atoms with Crippen molar-refractivity contribution in [3.8, 4) is 0 Å². The van der Waals surface area contributed by atoms with Crippen LogP contribution in [0.5, 0.6) is 0 Å². The fourth-order valence-electron chi connectivity index (χ4n) is 1.25. The van der Waals surface area contributed by atoms with E-state index in [1.54, 1.807) is 6.92 Å². The van der Waals surface area contributed by atoms with Gasteiger partial charge in [-0.05, 0) is 0 Å². The van der Waals surface area contributed by atoms with Crippen LogP contribution in [0.1, 0.15) is 6.92 Å². The van der Waals surface area contributed by atoms with Gasteiger partial charge in [-0.2, -0.15) is 0 Å². The molecule has 1 rings (SSSR count). The van der Waals surface area contributed by atoms with Crippen molar-refractivity contribution in [2.75, 3.05) is 6.61 Å². The third-order valence-corrected chi connectivity index (χ3v) is 2.66. The van der Waals surface area contributed by atoms with Crippen LogP contribution in [0.15, 0.2) is 0 Å². The van der Waals surface area contributed by atoms with Gasteiger partial charge in [-0.25, -0.2) is 4.57 Å². The van der Waals surface area contributed by atoms with E-state index in [1.807, 2.05) is 0 Å². The van der Waals surface area contributed by atoms with E-state index in [9.17, 15) is 9.67 Å². The molecule has 80 valence electrons. The minimum atomic E-state index is -4.52. The highest BCUT2D eigenvalue weighted by Crippen LogP contribution is 2.37. The molecule has 1 aliphatic heterocycles. The molecule has 2 radical (unpaired) electrons. The summed E-state index contributed by atoms with van der Waals surface area (Å²) in [6.45, 7) is 1.32. The Labute approximate surface area is 82.9 Å². The molecule has 0 aromatic heterocycles. The zero-order chi connectivity index (χ0) is 10.9. The fraction of sp³-hybridized carbons (Fsp3) is 1.00. The number of ether oxygens (including phenoxy) is 1. The van der Waals surface area contributed by atoms with Crippen LogP contribution in [0.4, 0.5) is 0 Å². The molecule has 0 aromatic carbocycles. The van der Waals surface area contributed by atoms with Gasteiger partial charge in [0.25, 0.3) is 0 Å². The monoisotopic (exact) mass is 222 g/mol. The zero-order valence-corrected chi connectivity index (χ0v) is 8.50.